The van der Waals surface area contributed by atoms with E-state index < -0.39 is 12.2 Å². The molecule has 0 radical (unpaired) electrons. The van der Waals surface area contributed by atoms with Gasteiger partial charge in [0.25, 0.3) is 0 Å². The maximum Gasteiger partial charge on any atom is 0.242 e. The van der Waals surface area contributed by atoms with E-state index in [2.05, 4.69) is 0 Å². The summed E-state index contributed by atoms with van der Waals surface area (Å²) in [5.41, 5.74) is 1.00. The van der Waals surface area contributed by atoms with E-state index in [1.54, 1.807) is 6.08 Å². The molecule has 1 saturated carbocycles. The molecule has 1 fully saturated rings. The molecule has 0 spiro atoms. The van der Waals surface area contributed by atoms with E-state index in [0.717, 1.165) is 31.2 Å². The zero-order valence-electron chi connectivity index (χ0n) is 11.7. The first-order valence-corrected chi connectivity index (χ1v) is 7.24. The first-order chi connectivity index (χ1) is 10.1. The van der Waals surface area contributed by atoms with Crippen LogP contribution < -0.4 is 0 Å². The Bertz CT molecular complexity index is 537. The van der Waals surface area contributed by atoms with E-state index in [-0.39, 0.29) is 12.0 Å². The van der Waals surface area contributed by atoms with Crippen molar-refractivity contribution in [3.05, 3.63) is 47.3 Å². The minimum Gasteiger partial charge on any atom is -0.210 e. The summed E-state index contributed by atoms with van der Waals surface area (Å²) >= 11 is 0. The lowest BCUT2D eigenvalue weighted by Crippen LogP contribution is -2.12. The smallest absolute Gasteiger partial charge is 0.210 e. The van der Waals surface area contributed by atoms with Gasteiger partial charge in [-0.05, 0) is 55.2 Å². The summed E-state index contributed by atoms with van der Waals surface area (Å²) in [6.45, 7) is 0. The predicted molar refractivity (Wildman–Crippen MR) is 75.6 cm³/mol. The van der Waals surface area contributed by atoms with Crippen LogP contribution in [0.15, 0.2) is 30.4 Å². The largest absolute Gasteiger partial charge is 0.242 e. The third-order valence-electron chi connectivity index (χ3n) is 4.08. The highest BCUT2D eigenvalue weighted by atomic mass is 19.3. The van der Waals surface area contributed by atoms with E-state index in [1.807, 2.05) is 18.2 Å². The topological polar surface area (TPSA) is 23.8 Å². The van der Waals surface area contributed by atoms with Crippen LogP contribution in [0.4, 0.5) is 13.2 Å². The first kappa shape index (κ1) is 15.6. The Kier molecular flexibility index (Phi) is 5.44. The molecule has 2 rings (SSSR count). The normalized spacial score (nSPS) is 22.6. The monoisotopic (exact) mass is 293 g/mol. The van der Waals surface area contributed by atoms with Gasteiger partial charge in [0.05, 0.1) is 5.56 Å². The second-order valence-corrected chi connectivity index (χ2v) is 5.52. The van der Waals surface area contributed by atoms with E-state index in [4.69, 9.17) is 5.26 Å². The molecule has 4 heteroatoms. The third kappa shape index (κ3) is 4.35. The Morgan fingerprint density at radius 2 is 1.95 bits per heavy atom. The second-order valence-electron chi connectivity index (χ2n) is 5.52. The Hall–Kier alpha value is -1.76. The lowest BCUT2D eigenvalue weighted by molar-refractivity contribution is 0.152. The van der Waals surface area contributed by atoms with E-state index in [9.17, 15) is 13.2 Å². The molecule has 0 heterocycles. The van der Waals surface area contributed by atoms with Crippen molar-refractivity contribution in [3.63, 3.8) is 0 Å². The third-order valence-corrected chi connectivity index (χ3v) is 4.08. The summed E-state index contributed by atoms with van der Waals surface area (Å²) in [5.74, 6) is 0.184. The quantitative estimate of drug-likeness (QED) is 0.701. The van der Waals surface area contributed by atoms with Crippen LogP contribution in [0.2, 0.25) is 0 Å². The molecule has 1 aliphatic rings. The summed E-state index contributed by atoms with van der Waals surface area (Å²) in [5, 5.41) is 8.72. The van der Waals surface area contributed by atoms with Crippen molar-refractivity contribution in [2.75, 3.05) is 0 Å². The molecule has 1 aliphatic carbocycles. The zero-order valence-corrected chi connectivity index (χ0v) is 11.7. The molecule has 1 nitrogen and oxygen atoms in total. The maximum absolute atomic E-state index is 13.6. The fraction of sp³-hybridized carbons (Fsp3) is 0.471. The maximum atomic E-state index is 13.6. The average molecular weight is 293 g/mol. The number of alkyl halides is 2. The fourth-order valence-electron chi connectivity index (χ4n) is 2.89. The second kappa shape index (κ2) is 7.31. The molecule has 0 aromatic heterocycles. The number of hydrogen-bond donors (Lipinski definition) is 0. The van der Waals surface area contributed by atoms with Crippen LogP contribution in [0.25, 0.3) is 0 Å². The molecule has 0 N–H and O–H groups in total. The lowest BCUT2D eigenvalue weighted by Gasteiger charge is -2.27. The molecule has 21 heavy (non-hydrogen) atoms. The fourth-order valence-corrected chi connectivity index (χ4v) is 2.89. The van der Waals surface area contributed by atoms with Crippen LogP contribution in [0.5, 0.6) is 0 Å². The van der Waals surface area contributed by atoms with Gasteiger partial charge in [0, 0.05) is 6.42 Å². The van der Waals surface area contributed by atoms with Crippen molar-refractivity contribution < 1.29 is 13.2 Å². The predicted octanol–water partition coefficient (Wildman–Crippen LogP) is 5.18. The highest BCUT2D eigenvalue weighted by molar-refractivity contribution is 5.35. The lowest BCUT2D eigenvalue weighted by atomic mass is 9.78. The van der Waals surface area contributed by atoms with Crippen molar-refractivity contribution in [3.8, 4) is 6.07 Å². The summed E-state index contributed by atoms with van der Waals surface area (Å²) in [6, 6.07) is 6.62. The number of rotatable bonds is 4. The molecule has 0 unspecified atom stereocenters. The average Bonchev–Trinajstić information content (AvgIpc) is 2.47. The van der Waals surface area contributed by atoms with Crippen molar-refractivity contribution >= 4 is 0 Å². The van der Waals surface area contributed by atoms with Crippen molar-refractivity contribution in [2.24, 2.45) is 5.92 Å². The van der Waals surface area contributed by atoms with E-state index in [1.165, 1.54) is 12.1 Å². The molecule has 1 aromatic carbocycles. The van der Waals surface area contributed by atoms with E-state index >= 15 is 0 Å². The molecule has 0 atom stereocenters. The molecule has 0 bridgehead atoms. The summed E-state index contributed by atoms with van der Waals surface area (Å²) in [4.78, 5) is 0. The van der Waals surface area contributed by atoms with Crippen molar-refractivity contribution in [2.45, 2.75) is 44.4 Å². The molecule has 1 aromatic rings. The van der Waals surface area contributed by atoms with Gasteiger partial charge in [-0.1, -0.05) is 18.2 Å². The first-order valence-electron chi connectivity index (χ1n) is 7.24. The number of nitriles is 1. The number of allylic oxidation sites excluding steroid dienone is 2. The Morgan fingerprint density at radius 3 is 2.52 bits per heavy atom. The molecule has 0 amide bonds. The molecular weight excluding hydrogens is 275 g/mol. The summed E-state index contributed by atoms with van der Waals surface area (Å²) in [7, 11) is 0. The van der Waals surface area contributed by atoms with Gasteiger partial charge < -0.3 is 0 Å². The van der Waals surface area contributed by atoms with Gasteiger partial charge in [0.2, 0.25) is 6.43 Å². The Morgan fingerprint density at radius 1 is 1.24 bits per heavy atom. The van der Waals surface area contributed by atoms with Crippen LogP contribution in [0.1, 0.15) is 49.1 Å². The number of nitrogens with zero attached hydrogens (tertiary/aromatic N) is 1. The van der Waals surface area contributed by atoms with Crippen molar-refractivity contribution in [1.29, 1.82) is 5.26 Å². The number of benzene rings is 1. The highest BCUT2D eigenvalue weighted by Gasteiger charge is 2.21. The SMILES string of the molecule is N#Cc1ccc(C2CCC(/C=C/CC(F)F)CC2)cc1F. The molecule has 0 aliphatic heterocycles. The van der Waals surface area contributed by atoms with Gasteiger partial charge in [-0.3, -0.25) is 0 Å². The van der Waals surface area contributed by atoms with Crippen LogP contribution in [-0.4, -0.2) is 6.43 Å². The zero-order chi connectivity index (χ0) is 15.2. The number of halogens is 3. The van der Waals surface area contributed by atoms with Crippen LogP contribution in [-0.2, 0) is 0 Å². The van der Waals surface area contributed by atoms with Gasteiger partial charge in [0.15, 0.2) is 0 Å². The Balaban J connectivity index is 1.91. The minimum absolute atomic E-state index is 0.0716. The minimum atomic E-state index is -2.28. The summed E-state index contributed by atoms with van der Waals surface area (Å²) in [6.07, 6.45) is 4.72. The van der Waals surface area contributed by atoms with Gasteiger partial charge in [-0.15, -0.1) is 0 Å². The van der Waals surface area contributed by atoms with Gasteiger partial charge in [-0.25, -0.2) is 13.2 Å². The molecular formula is C17H18F3N. The van der Waals surface area contributed by atoms with Gasteiger partial charge >= 0.3 is 0 Å². The summed E-state index contributed by atoms with van der Waals surface area (Å²) < 4.78 is 37.7. The Labute approximate surface area is 123 Å². The molecule has 112 valence electrons. The standard InChI is InChI=1S/C17H18F3N/c18-16-10-14(8-9-15(16)11-21)13-6-4-12(5-7-13)2-1-3-17(19)20/h1-2,8-10,12-13,17H,3-7H2/b2-1+. The van der Waals surface area contributed by atoms with E-state index in [0.29, 0.717) is 11.8 Å². The molecule has 0 saturated heterocycles. The van der Waals surface area contributed by atoms with Gasteiger partial charge in [-0.2, -0.15) is 5.26 Å². The van der Waals surface area contributed by atoms with Crippen LogP contribution >= 0.6 is 0 Å². The van der Waals surface area contributed by atoms with Crippen LogP contribution in [0, 0.1) is 23.1 Å². The van der Waals surface area contributed by atoms with Crippen molar-refractivity contribution in [1.82, 2.24) is 0 Å². The van der Waals surface area contributed by atoms with Crippen LogP contribution in [0.3, 0.4) is 0 Å². The number of hydrogen-bond acceptors (Lipinski definition) is 1. The highest BCUT2D eigenvalue weighted by Crippen LogP contribution is 2.36. The van der Waals surface area contributed by atoms with Gasteiger partial charge in [0.1, 0.15) is 11.9 Å².